The Morgan fingerprint density at radius 2 is 2.04 bits per heavy atom. The Labute approximate surface area is 165 Å². The van der Waals surface area contributed by atoms with Crippen molar-refractivity contribution in [1.29, 1.82) is 0 Å². The molecule has 3 atom stereocenters. The van der Waals surface area contributed by atoms with E-state index in [0.717, 1.165) is 31.7 Å². The average Bonchev–Trinajstić information content (AvgIpc) is 2.66. The highest BCUT2D eigenvalue weighted by Gasteiger charge is 2.40. The number of fused-ring (bicyclic) bond motifs is 4. The van der Waals surface area contributed by atoms with E-state index in [0.29, 0.717) is 29.7 Å². The number of nitrogens with zero attached hydrogens (tertiary/aromatic N) is 3. The van der Waals surface area contributed by atoms with Gasteiger partial charge in [0.25, 0.3) is 5.56 Å². The molecule has 1 fully saturated rings. The average molecular weight is 385 g/mol. The molecule has 1 aromatic carbocycles. The van der Waals surface area contributed by atoms with Gasteiger partial charge in [-0.05, 0) is 38.6 Å². The summed E-state index contributed by atoms with van der Waals surface area (Å²) in [5.74, 6) is 1.01. The molecule has 28 heavy (non-hydrogen) atoms. The molecular weight excluding hydrogens is 357 g/mol. The summed E-state index contributed by atoms with van der Waals surface area (Å²) in [7, 11) is 5.64. The van der Waals surface area contributed by atoms with Crippen molar-refractivity contribution in [2.45, 2.75) is 24.9 Å². The summed E-state index contributed by atoms with van der Waals surface area (Å²) in [6.07, 6.45) is 1.09. The normalized spacial score (nSPS) is 24.2. The molecule has 0 aliphatic carbocycles. The standard InChI is InChI=1S/C22H28FN3O2/c1-24(2)14-21-17-9-16(20-5-4-6-22(27)26(20)21)12-25(13-17)11-15-7-8-18(28-3)10-19(15)23/h4-8,10,16-17,21H,9,11-14H2,1-3H3/t16-,17+,21+/m1/s1. The summed E-state index contributed by atoms with van der Waals surface area (Å²) in [6, 6.07) is 10.8. The molecule has 150 valence electrons. The molecule has 0 unspecified atom stereocenters. The maximum Gasteiger partial charge on any atom is 0.251 e. The van der Waals surface area contributed by atoms with E-state index in [1.165, 1.54) is 6.07 Å². The van der Waals surface area contributed by atoms with Crippen LogP contribution in [0.4, 0.5) is 4.39 Å². The van der Waals surface area contributed by atoms with Gasteiger partial charge >= 0.3 is 0 Å². The van der Waals surface area contributed by atoms with Crippen LogP contribution >= 0.6 is 0 Å². The third kappa shape index (κ3) is 3.59. The summed E-state index contributed by atoms with van der Waals surface area (Å²) >= 11 is 0. The van der Waals surface area contributed by atoms with E-state index in [-0.39, 0.29) is 17.4 Å². The third-order valence-electron chi connectivity index (χ3n) is 6.08. The monoisotopic (exact) mass is 385 g/mol. The zero-order valence-electron chi connectivity index (χ0n) is 16.8. The minimum atomic E-state index is -0.225. The highest BCUT2D eigenvalue weighted by molar-refractivity contribution is 5.29. The van der Waals surface area contributed by atoms with Crippen LogP contribution < -0.4 is 10.3 Å². The van der Waals surface area contributed by atoms with Crippen molar-refractivity contribution in [1.82, 2.24) is 14.4 Å². The first kappa shape index (κ1) is 19.2. The molecule has 0 N–H and O–H groups in total. The Kier molecular flexibility index (Phi) is 5.25. The second-order valence-electron chi connectivity index (χ2n) is 8.33. The van der Waals surface area contributed by atoms with Gasteiger partial charge in [0.2, 0.25) is 0 Å². The predicted molar refractivity (Wildman–Crippen MR) is 107 cm³/mol. The van der Waals surface area contributed by atoms with Gasteiger partial charge in [-0.3, -0.25) is 9.69 Å². The van der Waals surface area contributed by atoms with Crippen LogP contribution in [0.2, 0.25) is 0 Å². The van der Waals surface area contributed by atoms with Crippen LogP contribution in [0.5, 0.6) is 5.75 Å². The lowest BCUT2D eigenvalue weighted by Crippen LogP contribution is -2.51. The smallest absolute Gasteiger partial charge is 0.251 e. The summed E-state index contributed by atoms with van der Waals surface area (Å²) in [5.41, 5.74) is 1.90. The number of piperidine rings is 1. The van der Waals surface area contributed by atoms with E-state index in [4.69, 9.17) is 4.74 Å². The number of hydrogen-bond acceptors (Lipinski definition) is 4. The van der Waals surface area contributed by atoms with E-state index < -0.39 is 0 Å². The van der Waals surface area contributed by atoms with Crippen LogP contribution in [0.25, 0.3) is 0 Å². The maximum absolute atomic E-state index is 14.5. The summed E-state index contributed by atoms with van der Waals surface area (Å²) < 4.78 is 21.6. The number of hydrogen-bond donors (Lipinski definition) is 0. The molecule has 5 nitrogen and oxygen atoms in total. The van der Waals surface area contributed by atoms with Crippen molar-refractivity contribution in [3.05, 3.63) is 63.8 Å². The van der Waals surface area contributed by atoms with Crippen molar-refractivity contribution >= 4 is 0 Å². The maximum atomic E-state index is 14.5. The van der Waals surface area contributed by atoms with Gasteiger partial charge in [0.1, 0.15) is 11.6 Å². The van der Waals surface area contributed by atoms with Gasteiger partial charge in [-0.15, -0.1) is 0 Å². The molecule has 0 radical (unpaired) electrons. The van der Waals surface area contributed by atoms with Crippen molar-refractivity contribution in [2.24, 2.45) is 5.92 Å². The third-order valence-corrected chi connectivity index (χ3v) is 6.08. The molecule has 2 aromatic rings. The van der Waals surface area contributed by atoms with E-state index in [1.54, 1.807) is 13.2 Å². The number of benzene rings is 1. The first-order valence-electron chi connectivity index (χ1n) is 9.87. The molecule has 4 rings (SSSR count). The van der Waals surface area contributed by atoms with E-state index in [1.807, 2.05) is 36.9 Å². The fraction of sp³-hybridized carbons (Fsp3) is 0.500. The highest BCUT2D eigenvalue weighted by atomic mass is 19.1. The van der Waals surface area contributed by atoms with Crippen LogP contribution in [0.3, 0.4) is 0 Å². The number of rotatable bonds is 5. The highest BCUT2D eigenvalue weighted by Crippen LogP contribution is 2.41. The second kappa shape index (κ2) is 7.68. The van der Waals surface area contributed by atoms with Crippen LogP contribution in [-0.2, 0) is 6.54 Å². The summed E-state index contributed by atoms with van der Waals surface area (Å²) in [6.45, 7) is 3.13. The van der Waals surface area contributed by atoms with Crippen LogP contribution in [0.1, 0.15) is 29.6 Å². The second-order valence-corrected chi connectivity index (χ2v) is 8.33. The minimum absolute atomic E-state index is 0.0914. The zero-order valence-corrected chi connectivity index (χ0v) is 16.8. The quantitative estimate of drug-likeness (QED) is 0.793. The first-order chi connectivity index (χ1) is 13.5. The lowest BCUT2D eigenvalue weighted by Gasteiger charge is -2.47. The molecule has 2 bridgehead atoms. The number of ether oxygens (including phenoxy) is 1. The van der Waals surface area contributed by atoms with Gasteiger partial charge in [-0.25, -0.2) is 4.39 Å². The Morgan fingerprint density at radius 3 is 2.75 bits per heavy atom. The molecule has 2 aliphatic heterocycles. The van der Waals surface area contributed by atoms with Gasteiger partial charge in [0.15, 0.2) is 0 Å². The Balaban J connectivity index is 1.62. The SMILES string of the molecule is COc1ccc(CN2C[C@H]3C[C@@H](C2)[C@H](CN(C)C)n2c3cccc2=O)c(F)c1. The predicted octanol–water partition coefficient (Wildman–Crippen LogP) is 2.72. The van der Waals surface area contributed by atoms with Crippen molar-refractivity contribution in [3.63, 3.8) is 0 Å². The lowest BCUT2D eigenvalue weighted by molar-refractivity contribution is 0.0737. The number of likely N-dealkylation sites (tertiary alicyclic amines) is 1. The first-order valence-corrected chi connectivity index (χ1v) is 9.87. The topological polar surface area (TPSA) is 37.7 Å². The Morgan fingerprint density at radius 1 is 1.21 bits per heavy atom. The fourth-order valence-corrected chi connectivity index (χ4v) is 4.90. The Bertz CT molecular complexity index is 911. The van der Waals surface area contributed by atoms with Gasteiger partial charge in [-0.1, -0.05) is 12.1 Å². The van der Waals surface area contributed by atoms with Gasteiger partial charge in [-0.2, -0.15) is 0 Å². The molecule has 1 saturated heterocycles. The molecule has 1 aromatic heterocycles. The van der Waals surface area contributed by atoms with E-state index >= 15 is 0 Å². The molecule has 6 heteroatoms. The minimum Gasteiger partial charge on any atom is -0.497 e. The van der Waals surface area contributed by atoms with E-state index in [2.05, 4.69) is 15.9 Å². The molecule has 2 aliphatic rings. The summed E-state index contributed by atoms with van der Waals surface area (Å²) in [5, 5.41) is 0. The van der Waals surface area contributed by atoms with Crippen molar-refractivity contribution in [2.75, 3.05) is 40.8 Å². The number of halogens is 1. The number of aromatic nitrogens is 1. The van der Waals surface area contributed by atoms with Crippen molar-refractivity contribution in [3.8, 4) is 5.75 Å². The molecule has 0 saturated carbocycles. The van der Waals surface area contributed by atoms with E-state index in [9.17, 15) is 9.18 Å². The molecule has 0 spiro atoms. The largest absolute Gasteiger partial charge is 0.497 e. The van der Waals surface area contributed by atoms with Crippen LogP contribution in [-0.4, -0.2) is 55.2 Å². The summed E-state index contributed by atoms with van der Waals surface area (Å²) in [4.78, 5) is 17.1. The fourth-order valence-electron chi connectivity index (χ4n) is 4.90. The molecule has 0 amide bonds. The van der Waals surface area contributed by atoms with Crippen LogP contribution in [0, 0.1) is 11.7 Å². The molecular formula is C22H28FN3O2. The lowest BCUT2D eigenvalue weighted by atomic mass is 9.78. The Hall–Kier alpha value is -2.18. The number of likely N-dealkylation sites (N-methyl/N-ethyl adjacent to an activating group) is 1. The molecule has 3 heterocycles. The van der Waals surface area contributed by atoms with Crippen LogP contribution in [0.15, 0.2) is 41.2 Å². The van der Waals surface area contributed by atoms with Gasteiger partial charge < -0.3 is 14.2 Å². The van der Waals surface area contributed by atoms with Crippen molar-refractivity contribution < 1.29 is 9.13 Å². The number of pyridine rings is 1. The van der Waals surface area contributed by atoms with Gasteiger partial charge in [0, 0.05) is 55.5 Å². The zero-order chi connectivity index (χ0) is 19.8. The van der Waals surface area contributed by atoms with Gasteiger partial charge in [0.05, 0.1) is 13.2 Å². The number of methoxy groups -OCH3 is 1.